The molecule has 0 amide bonds. The number of hydrogen-bond donors (Lipinski definition) is 1. The number of rotatable bonds is 5. The quantitative estimate of drug-likeness (QED) is 0.763. The van der Waals surface area contributed by atoms with Crippen molar-refractivity contribution in [3.8, 4) is 0 Å². The predicted molar refractivity (Wildman–Crippen MR) is 87.8 cm³/mol. The number of halogens is 2. The molecule has 2 rings (SSSR count). The topological polar surface area (TPSA) is 12.0 Å². The highest BCUT2D eigenvalue weighted by Crippen LogP contribution is 2.27. The van der Waals surface area contributed by atoms with Gasteiger partial charge in [-0.3, -0.25) is 0 Å². The van der Waals surface area contributed by atoms with Crippen molar-refractivity contribution in [2.75, 3.05) is 12.8 Å². The van der Waals surface area contributed by atoms with Gasteiger partial charge in [0, 0.05) is 21.2 Å². The van der Waals surface area contributed by atoms with Crippen LogP contribution in [0.1, 0.15) is 17.2 Å². The molecule has 0 bridgehead atoms. The maximum absolute atomic E-state index is 13.5. The molecular weight excluding hydrogens is 337 g/mol. The molecule has 0 spiro atoms. The summed E-state index contributed by atoms with van der Waals surface area (Å²) in [6, 6.07) is 13.5. The lowest BCUT2D eigenvalue weighted by Gasteiger charge is -2.17. The molecule has 0 heterocycles. The molecule has 0 aliphatic carbocycles. The minimum Gasteiger partial charge on any atom is -0.312 e. The van der Waals surface area contributed by atoms with E-state index < -0.39 is 0 Å². The molecule has 0 aliphatic heterocycles. The first kappa shape index (κ1) is 15.5. The monoisotopic (exact) mass is 353 g/mol. The molecular formula is C16H17BrFNS. The maximum atomic E-state index is 13.5. The Morgan fingerprint density at radius 1 is 1.25 bits per heavy atom. The summed E-state index contributed by atoms with van der Waals surface area (Å²) in [6.07, 6.45) is 0. The van der Waals surface area contributed by atoms with Crippen LogP contribution in [-0.2, 0) is 0 Å². The summed E-state index contributed by atoms with van der Waals surface area (Å²) >= 11 is 5.23. The minimum atomic E-state index is -0.173. The minimum absolute atomic E-state index is 0.133. The van der Waals surface area contributed by atoms with Crippen LogP contribution >= 0.6 is 27.7 Å². The van der Waals surface area contributed by atoms with Gasteiger partial charge in [-0.2, -0.15) is 0 Å². The lowest BCUT2D eigenvalue weighted by molar-refractivity contribution is 0.609. The van der Waals surface area contributed by atoms with Gasteiger partial charge in [0.05, 0.1) is 0 Å². The van der Waals surface area contributed by atoms with Crippen molar-refractivity contribution < 1.29 is 4.39 Å². The second-order valence-corrected chi connectivity index (χ2v) is 6.68. The van der Waals surface area contributed by atoms with Crippen LogP contribution in [0.25, 0.3) is 0 Å². The Labute approximate surface area is 132 Å². The molecule has 1 nitrogen and oxygen atoms in total. The molecule has 106 valence electrons. The summed E-state index contributed by atoms with van der Waals surface area (Å²) in [5, 5.41) is 3.26. The van der Waals surface area contributed by atoms with Crippen LogP contribution in [0.3, 0.4) is 0 Å². The van der Waals surface area contributed by atoms with Crippen LogP contribution in [0.15, 0.2) is 51.8 Å². The van der Waals surface area contributed by atoms with Crippen LogP contribution in [0.5, 0.6) is 0 Å². The second kappa shape index (κ2) is 7.25. The number of hydrogen-bond acceptors (Lipinski definition) is 2. The van der Waals surface area contributed by atoms with Crippen LogP contribution in [0, 0.1) is 12.7 Å². The van der Waals surface area contributed by atoms with E-state index >= 15 is 0 Å². The third-order valence-corrected chi connectivity index (χ3v) is 4.61. The van der Waals surface area contributed by atoms with Gasteiger partial charge < -0.3 is 5.32 Å². The van der Waals surface area contributed by atoms with E-state index in [1.807, 2.05) is 32.2 Å². The Bertz CT molecular complexity index is 568. The summed E-state index contributed by atoms with van der Waals surface area (Å²) in [6.45, 7) is 1.92. The van der Waals surface area contributed by atoms with Crippen molar-refractivity contribution in [3.63, 3.8) is 0 Å². The number of nitrogens with one attached hydrogen (secondary N) is 1. The zero-order chi connectivity index (χ0) is 14.5. The van der Waals surface area contributed by atoms with Crippen molar-refractivity contribution in [2.24, 2.45) is 0 Å². The Balaban J connectivity index is 2.09. The Morgan fingerprint density at radius 3 is 2.70 bits per heavy atom. The van der Waals surface area contributed by atoms with Gasteiger partial charge in [-0.05, 0) is 55.4 Å². The highest BCUT2D eigenvalue weighted by atomic mass is 79.9. The highest BCUT2D eigenvalue weighted by Gasteiger charge is 2.11. The molecule has 4 heteroatoms. The van der Waals surface area contributed by atoms with Crippen molar-refractivity contribution in [3.05, 3.63) is 63.9 Å². The molecule has 1 unspecified atom stereocenters. The highest BCUT2D eigenvalue weighted by molar-refractivity contribution is 9.10. The lowest BCUT2D eigenvalue weighted by atomic mass is 10.1. The molecule has 20 heavy (non-hydrogen) atoms. The smallest absolute Gasteiger partial charge is 0.123 e. The van der Waals surface area contributed by atoms with E-state index in [0.717, 1.165) is 21.4 Å². The largest absolute Gasteiger partial charge is 0.312 e. The van der Waals surface area contributed by atoms with Crippen molar-refractivity contribution in [1.82, 2.24) is 5.32 Å². The van der Waals surface area contributed by atoms with Gasteiger partial charge in [-0.25, -0.2) is 4.39 Å². The average Bonchev–Trinajstić information content (AvgIpc) is 2.38. The van der Waals surface area contributed by atoms with E-state index in [1.165, 1.54) is 4.90 Å². The third kappa shape index (κ3) is 4.33. The van der Waals surface area contributed by atoms with Crippen molar-refractivity contribution in [2.45, 2.75) is 17.9 Å². The molecule has 1 N–H and O–H groups in total. The Kier molecular flexibility index (Phi) is 5.64. The van der Waals surface area contributed by atoms with E-state index in [2.05, 4.69) is 33.4 Å². The van der Waals surface area contributed by atoms with E-state index in [1.54, 1.807) is 23.9 Å². The van der Waals surface area contributed by atoms with Gasteiger partial charge >= 0.3 is 0 Å². The fourth-order valence-electron chi connectivity index (χ4n) is 2.05. The summed E-state index contributed by atoms with van der Waals surface area (Å²) in [7, 11) is 1.91. The number of aryl methyl sites for hydroxylation is 1. The molecule has 0 fully saturated rings. The third-order valence-electron chi connectivity index (χ3n) is 3.03. The van der Waals surface area contributed by atoms with Crippen molar-refractivity contribution in [1.29, 1.82) is 0 Å². The average molecular weight is 354 g/mol. The normalized spacial score (nSPS) is 12.4. The number of thioether (sulfide) groups is 1. The van der Waals surface area contributed by atoms with Crippen molar-refractivity contribution >= 4 is 27.7 Å². The number of benzene rings is 2. The SMILES string of the molecule is CNC(CSc1cccc(Br)c1)c1cc(C)cc(F)c1. The van der Waals surface area contributed by atoms with E-state index in [9.17, 15) is 4.39 Å². The van der Waals surface area contributed by atoms with E-state index in [4.69, 9.17) is 0 Å². The molecule has 0 aliphatic rings. The van der Waals surface area contributed by atoms with Crippen LogP contribution in [0.2, 0.25) is 0 Å². The van der Waals surface area contributed by atoms with Gasteiger partial charge in [-0.1, -0.05) is 28.1 Å². The lowest BCUT2D eigenvalue weighted by Crippen LogP contribution is -2.19. The predicted octanol–water partition coefficient (Wildman–Crippen LogP) is 4.95. The molecule has 2 aromatic rings. The Morgan fingerprint density at radius 2 is 2.05 bits per heavy atom. The summed E-state index contributed by atoms with van der Waals surface area (Å²) in [4.78, 5) is 1.20. The molecule has 0 radical (unpaired) electrons. The molecule has 0 aromatic heterocycles. The first-order valence-corrected chi connectivity index (χ1v) is 8.19. The van der Waals surface area contributed by atoms with Gasteiger partial charge in [0.15, 0.2) is 0 Å². The summed E-state index contributed by atoms with van der Waals surface area (Å²) in [5.41, 5.74) is 1.94. The summed E-state index contributed by atoms with van der Waals surface area (Å²) in [5.74, 6) is 0.684. The molecule has 0 saturated carbocycles. The first-order chi connectivity index (χ1) is 9.58. The molecule has 2 aromatic carbocycles. The van der Waals surface area contributed by atoms with E-state index in [0.29, 0.717) is 0 Å². The van der Waals surface area contributed by atoms with Gasteiger partial charge in [-0.15, -0.1) is 11.8 Å². The maximum Gasteiger partial charge on any atom is 0.123 e. The zero-order valence-electron chi connectivity index (χ0n) is 11.5. The zero-order valence-corrected chi connectivity index (χ0v) is 13.9. The van der Waals surface area contributed by atoms with Gasteiger partial charge in [0.25, 0.3) is 0 Å². The standard InChI is InChI=1S/C16H17BrFNS/c1-11-6-12(8-14(18)7-11)16(19-2)10-20-15-5-3-4-13(17)9-15/h3-9,16,19H,10H2,1-2H3. The van der Waals surface area contributed by atoms with E-state index in [-0.39, 0.29) is 11.9 Å². The molecule has 0 saturated heterocycles. The van der Waals surface area contributed by atoms with Gasteiger partial charge in [0.1, 0.15) is 5.82 Å². The van der Waals surface area contributed by atoms with Crippen LogP contribution in [0.4, 0.5) is 4.39 Å². The Hall–Kier alpha value is -0.840. The fraction of sp³-hybridized carbons (Fsp3) is 0.250. The first-order valence-electron chi connectivity index (χ1n) is 6.41. The van der Waals surface area contributed by atoms with Crippen LogP contribution < -0.4 is 5.32 Å². The second-order valence-electron chi connectivity index (χ2n) is 4.67. The molecule has 1 atom stereocenters. The van der Waals surface area contributed by atoms with Gasteiger partial charge in [0.2, 0.25) is 0 Å². The fourth-order valence-corrected chi connectivity index (χ4v) is 3.70. The van der Waals surface area contributed by atoms with Crippen LogP contribution in [-0.4, -0.2) is 12.8 Å². The summed E-state index contributed by atoms with van der Waals surface area (Å²) < 4.78 is 14.6.